The van der Waals surface area contributed by atoms with Crippen LogP contribution in [-0.2, 0) is 13.5 Å². The van der Waals surface area contributed by atoms with Crippen molar-refractivity contribution in [3.8, 4) is 0 Å². The second-order valence-electron chi connectivity index (χ2n) is 4.81. The predicted molar refractivity (Wildman–Crippen MR) is 72.4 cm³/mol. The number of para-hydroxylation sites is 1. The van der Waals surface area contributed by atoms with E-state index in [1.54, 1.807) is 0 Å². The van der Waals surface area contributed by atoms with E-state index in [0.717, 1.165) is 24.3 Å². The summed E-state index contributed by atoms with van der Waals surface area (Å²) in [6.45, 7) is 5.40. The molecule has 0 fully saturated rings. The van der Waals surface area contributed by atoms with Crippen molar-refractivity contribution in [1.29, 1.82) is 0 Å². The van der Waals surface area contributed by atoms with Gasteiger partial charge in [0.25, 0.3) is 0 Å². The topological polar surface area (TPSA) is 29.9 Å². The van der Waals surface area contributed by atoms with E-state index < -0.39 is 0 Å². The lowest BCUT2D eigenvalue weighted by Crippen LogP contribution is -2.12. The highest BCUT2D eigenvalue weighted by Crippen LogP contribution is 2.25. The molecule has 0 aliphatic heterocycles. The third kappa shape index (κ3) is 2.20. The molecule has 2 rings (SSSR count). The zero-order chi connectivity index (χ0) is 12.4. The number of benzene rings is 1. The molecule has 0 spiro atoms. The van der Waals surface area contributed by atoms with Crippen LogP contribution in [0.4, 0.5) is 0 Å². The highest BCUT2D eigenvalue weighted by Gasteiger charge is 2.12. The molecule has 1 heterocycles. The molecule has 3 heteroatoms. The highest BCUT2D eigenvalue weighted by molar-refractivity contribution is 5.80. The molecule has 0 atom stereocenters. The maximum Gasteiger partial charge on any atom is 0.110 e. The predicted octanol–water partition coefficient (Wildman–Crippen LogP) is 2.46. The van der Waals surface area contributed by atoms with Gasteiger partial charge in [0.05, 0.1) is 11.0 Å². The fourth-order valence-corrected chi connectivity index (χ4v) is 2.21. The molecule has 92 valence electrons. The Balaban J connectivity index is 2.52. The van der Waals surface area contributed by atoms with Gasteiger partial charge in [-0.15, -0.1) is 0 Å². The second kappa shape index (κ2) is 4.88. The second-order valence-corrected chi connectivity index (χ2v) is 4.81. The maximum absolute atomic E-state index is 4.79. The third-order valence-electron chi connectivity index (χ3n) is 3.26. The van der Waals surface area contributed by atoms with E-state index in [1.165, 1.54) is 11.1 Å². The molecule has 1 N–H and O–H groups in total. The summed E-state index contributed by atoms with van der Waals surface area (Å²) < 4.78 is 2.21. The number of nitrogens with zero attached hydrogens (tertiary/aromatic N) is 2. The smallest absolute Gasteiger partial charge is 0.110 e. The van der Waals surface area contributed by atoms with Crippen LogP contribution in [0.2, 0.25) is 0 Å². The van der Waals surface area contributed by atoms with Crippen molar-refractivity contribution in [3.05, 3.63) is 29.6 Å². The lowest BCUT2D eigenvalue weighted by atomic mass is 10.0. The molecule has 17 heavy (non-hydrogen) atoms. The number of likely N-dealkylation sites (N-methyl/N-ethyl adjacent to an activating group) is 1. The van der Waals surface area contributed by atoms with Crippen LogP contribution in [0, 0.1) is 0 Å². The van der Waals surface area contributed by atoms with E-state index in [0.29, 0.717) is 5.92 Å². The first-order valence-corrected chi connectivity index (χ1v) is 6.24. The van der Waals surface area contributed by atoms with E-state index >= 15 is 0 Å². The minimum atomic E-state index is 0.519. The number of rotatable bonds is 4. The van der Waals surface area contributed by atoms with Gasteiger partial charge in [0.2, 0.25) is 0 Å². The van der Waals surface area contributed by atoms with Gasteiger partial charge in [0.1, 0.15) is 5.82 Å². The quantitative estimate of drug-likeness (QED) is 0.876. The molecule has 3 nitrogen and oxygen atoms in total. The SMILES string of the molecule is CNCCc1nc2c(C(C)C)cccc2n1C. The molecule has 0 aliphatic rings. The van der Waals surface area contributed by atoms with Crippen molar-refractivity contribution < 1.29 is 0 Å². The Morgan fingerprint density at radius 2 is 2.12 bits per heavy atom. The first-order valence-electron chi connectivity index (χ1n) is 6.24. The van der Waals surface area contributed by atoms with Crippen molar-refractivity contribution in [1.82, 2.24) is 14.9 Å². The van der Waals surface area contributed by atoms with Crippen molar-refractivity contribution in [3.63, 3.8) is 0 Å². The van der Waals surface area contributed by atoms with E-state index in [1.807, 2.05) is 7.05 Å². The molecular weight excluding hydrogens is 210 g/mol. The van der Waals surface area contributed by atoms with Gasteiger partial charge in [-0.3, -0.25) is 0 Å². The molecule has 1 aromatic heterocycles. The molecule has 0 saturated carbocycles. The summed E-state index contributed by atoms with van der Waals surface area (Å²) in [5.41, 5.74) is 3.74. The number of nitrogens with one attached hydrogen (secondary N) is 1. The number of aryl methyl sites for hydroxylation is 1. The van der Waals surface area contributed by atoms with Gasteiger partial charge < -0.3 is 9.88 Å². The van der Waals surface area contributed by atoms with Gasteiger partial charge in [-0.05, 0) is 24.6 Å². The van der Waals surface area contributed by atoms with Crippen molar-refractivity contribution in [2.24, 2.45) is 7.05 Å². The Bertz CT molecular complexity index is 511. The number of aromatic nitrogens is 2. The summed E-state index contributed by atoms with van der Waals surface area (Å²) in [5, 5.41) is 3.17. The Morgan fingerprint density at radius 1 is 1.35 bits per heavy atom. The lowest BCUT2D eigenvalue weighted by Gasteiger charge is -2.05. The Labute approximate surface area is 103 Å². The summed E-state index contributed by atoms with van der Waals surface area (Å²) >= 11 is 0. The van der Waals surface area contributed by atoms with E-state index in [9.17, 15) is 0 Å². The monoisotopic (exact) mass is 231 g/mol. The number of imidazole rings is 1. The maximum atomic E-state index is 4.79. The van der Waals surface area contributed by atoms with Crippen LogP contribution in [0.1, 0.15) is 31.2 Å². The molecular formula is C14H21N3. The van der Waals surface area contributed by atoms with Crippen LogP contribution in [0.25, 0.3) is 11.0 Å². The van der Waals surface area contributed by atoms with Crippen molar-refractivity contribution in [2.45, 2.75) is 26.2 Å². The van der Waals surface area contributed by atoms with Gasteiger partial charge >= 0.3 is 0 Å². The van der Waals surface area contributed by atoms with Gasteiger partial charge in [-0.1, -0.05) is 26.0 Å². The molecule has 0 radical (unpaired) electrons. The average molecular weight is 231 g/mol. The minimum absolute atomic E-state index is 0.519. The molecule has 0 saturated heterocycles. The van der Waals surface area contributed by atoms with Gasteiger partial charge in [-0.2, -0.15) is 0 Å². The number of fused-ring (bicyclic) bond motifs is 1. The van der Waals surface area contributed by atoms with Crippen LogP contribution >= 0.6 is 0 Å². The molecule has 0 amide bonds. The average Bonchev–Trinajstić information content (AvgIpc) is 2.63. The van der Waals surface area contributed by atoms with Crippen molar-refractivity contribution in [2.75, 3.05) is 13.6 Å². The van der Waals surface area contributed by atoms with Crippen molar-refractivity contribution >= 4 is 11.0 Å². The van der Waals surface area contributed by atoms with Gasteiger partial charge in [0, 0.05) is 20.0 Å². The zero-order valence-corrected chi connectivity index (χ0v) is 11.1. The Kier molecular flexibility index (Phi) is 3.48. The first kappa shape index (κ1) is 12.1. The summed E-state index contributed by atoms with van der Waals surface area (Å²) in [6, 6.07) is 6.46. The first-order chi connectivity index (χ1) is 8.15. The Morgan fingerprint density at radius 3 is 2.76 bits per heavy atom. The van der Waals surface area contributed by atoms with Crippen LogP contribution in [-0.4, -0.2) is 23.1 Å². The highest BCUT2D eigenvalue weighted by atomic mass is 15.1. The Hall–Kier alpha value is -1.35. The van der Waals surface area contributed by atoms with Gasteiger partial charge in [0.15, 0.2) is 0 Å². The molecule has 0 aliphatic carbocycles. The van der Waals surface area contributed by atoms with E-state index in [4.69, 9.17) is 4.98 Å². The normalized spacial score (nSPS) is 11.6. The molecule has 1 aromatic carbocycles. The van der Waals surface area contributed by atoms with Crippen LogP contribution in [0.3, 0.4) is 0 Å². The van der Waals surface area contributed by atoms with Crippen LogP contribution in [0.5, 0.6) is 0 Å². The largest absolute Gasteiger partial charge is 0.331 e. The fourth-order valence-electron chi connectivity index (χ4n) is 2.21. The standard InChI is InChI=1S/C14H21N3/c1-10(2)11-6-5-7-12-14(11)16-13(17(12)4)8-9-15-3/h5-7,10,15H,8-9H2,1-4H3. The number of hydrogen-bond donors (Lipinski definition) is 1. The third-order valence-corrected chi connectivity index (χ3v) is 3.26. The zero-order valence-electron chi connectivity index (χ0n) is 11.1. The summed E-state index contributed by atoms with van der Waals surface area (Å²) in [7, 11) is 4.08. The van der Waals surface area contributed by atoms with Crippen LogP contribution < -0.4 is 5.32 Å². The number of hydrogen-bond acceptors (Lipinski definition) is 2. The minimum Gasteiger partial charge on any atom is -0.331 e. The molecule has 0 unspecified atom stereocenters. The van der Waals surface area contributed by atoms with Gasteiger partial charge in [-0.25, -0.2) is 4.98 Å². The summed E-state index contributed by atoms with van der Waals surface area (Å²) in [4.78, 5) is 4.79. The van der Waals surface area contributed by atoms with Crippen LogP contribution in [0.15, 0.2) is 18.2 Å². The summed E-state index contributed by atoms with van der Waals surface area (Å²) in [6.07, 6.45) is 0.971. The summed E-state index contributed by atoms with van der Waals surface area (Å²) in [5.74, 6) is 1.67. The molecule has 2 aromatic rings. The van der Waals surface area contributed by atoms with E-state index in [2.05, 4.69) is 49.0 Å². The fraction of sp³-hybridized carbons (Fsp3) is 0.500. The molecule has 0 bridgehead atoms. The lowest BCUT2D eigenvalue weighted by molar-refractivity contribution is 0.725. The van der Waals surface area contributed by atoms with E-state index in [-0.39, 0.29) is 0 Å².